The van der Waals surface area contributed by atoms with E-state index in [0.717, 1.165) is 19.4 Å². The van der Waals surface area contributed by atoms with Crippen molar-refractivity contribution in [2.24, 2.45) is 0 Å². The van der Waals surface area contributed by atoms with E-state index in [0.29, 0.717) is 23.6 Å². The molecular formula is C13H18N2O3. The second-order valence-corrected chi connectivity index (χ2v) is 4.32. The highest BCUT2D eigenvalue weighted by molar-refractivity contribution is 5.98. The predicted molar refractivity (Wildman–Crippen MR) is 68.7 cm³/mol. The number of benzene rings is 1. The molecule has 1 saturated heterocycles. The molecule has 1 aliphatic rings. The van der Waals surface area contributed by atoms with Crippen LogP contribution in [0.5, 0.6) is 5.75 Å². The lowest BCUT2D eigenvalue weighted by atomic mass is 10.1. The summed E-state index contributed by atoms with van der Waals surface area (Å²) in [5.41, 5.74) is 6.70. The Kier molecular flexibility index (Phi) is 4.04. The largest absolute Gasteiger partial charge is 0.494 e. The number of hydrogen-bond acceptors (Lipinski definition) is 4. The third-order valence-corrected chi connectivity index (χ3v) is 2.99. The van der Waals surface area contributed by atoms with Gasteiger partial charge < -0.3 is 20.5 Å². The van der Waals surface area contributed by atoms with Crippen LogP contribution in [0.4, 0.5) is 5.69 Å². The van der Waals surface area contributed by atoms with Crippen molar-refractivity contribution in [1.82, 2.24) is 5.32 Å². The molecule has 0 aliphatic carbocycles. The normalized spacial score (nSPS) is 19.3. The zero-order valence-corrected chi connectivity index (χ0v) is 10.4. The first-order valence-corrected chi connectivity index (χ1v) is 6.03. The molecule has 98 valence electrons. The van der Waals surface area contributed by atoms with E-state index in [1.807, 2.05) is 0 Å². The summed E-state index contributed by atoms with van der Waals surface area (Å²) >= 11 is 0. The molecule has 18 heavy (non-hydrogen) atoms. The molecule has 5 heteroatoms. The molecule has 0 spiro atoms. The number of ether oxygens (including phenoxy) is 2. The summed E-state index contributed by atoms with van der Waals surface area (Å²) in [5.74, 6) is 0.251. The first-order valence-electron chi connectivity index (χ1n) is 6.03. The maximum Gasteiger partial charge on any atom is 0.255 e. The minimum Gasteiger partial charge on any atom is -0.494 e. The van der Waals surface area contributed by atoms with Gasteiger partial charge in [-0.25, -0.2) is 0 Å². The third-order valence-electron chi connectivity index (χ3n) is 2.99. The molecule has 2 rings (SSSR count). The van der Waals surface area contributed by atoms with E-state index >= 15 is 0 Å². The summed E-state index contributed by atoms with van der Waals surface area (Å²) in [5, 5.41) is 2.94. The summed E-state index contributed by atoms with van der Waals surface area (Å²) in [6.45, 7) is 1.34. The number of hydrogen-bond donors (Lipinski definition) is 2. The summed E-state index contributed by atoms with van der Waals surface area (Å²) < 4.78 is 10.5. The molecule has 0 aromatic heterocycles. The maximum absolute atomic E-state index is 12.1. The van der Waals surface area contributed by atoms with Crippen LogP contribution >= 0.6 is 0 Å². The van der Waals surface area contributed by atoms with Crippen molar-refractivity contribution in [3.63, 3.8) is 0 Å². The van der Waals surface area contributed by atoms with Crippen LogP contribution in [-0.2, 0) is 4.74 Å². The first-order chi connectivity index (χ1) is 8.72. The smallest absolute Gasteiger partial charge is 0.255 e. The predicted octanol–water partition coefficient (Wildman–Crippen LogP) is 1.19. The number of para-hydroxylation sites is 1. The van der Waals surface area contributed by atoms with Gasteiger partial charge in [0.05, 0.1) is 31.0 Å². The fourth-order valence-electron chi connectivity index (χ4n) is 2.08. The van der Waals surface area contributed by atoms with Crippen molar-refractivity contribution in [2.75, 3.05) is 26.1 Å². The number of nitrogen functional groups attached to an aromatic ring is 1. The third kappa shape index (κ3) is 2.73. The van der Waals surface area contributed by atoms with Gasteiger partial charge in [0.1, 0.15) is 0 Å². The van der Waals surface area contributed by atoms with Crippen LogP contribution < -0.4 is 15.8 Å². The molecule has 0 bridgehead atoms. The molecule has 1 fully saturated rings. The van der Waals surface area contributed by atoms with Crippen LogP contribution in [0, 0.1) is 0 Å². The summed E-state index contributed by atoms with van der Waals surface area (Å²) in [7, 11) is 1.51. The first kappa shape index (κ1) is 12.7. The van der Waals surface area contributed by atoms with Gasteiger partial charge in [0.15, 0.2) is 5.75 Å². The topological polar surface area (TPSA) is 73.6 Å². The Bertz CT molecular complexity index is 428. The molecule has 1 atom stereocenters. The number of nitrogens with two attached hydrogens (primary N) is 1. The lowest BCUT2D eigenvalue weighted by Crippen LogP contribution is -2.40. The van der Waals surface area contributed by atoms with Crippen LogP contribution in [0.25, 0.3) is 0 Å². The van der Waals surface area contributed by atoms with Gasteiger partial charge >= 0.3 is 0 Å². The zero-order chi connectivity index (χ0) is 13.0. The Morgan fingerprint density at radius 2 is 2.39 bits per heavy atom. The molecule has 1 aliphatic heterocycles. The van der Waals surface area contributed by atoms with Gasteiger partial charge in [0, 0.05) is 6.61 Å². The lowest BCUT2D eigenvalue weighted by Gasteiger charge is -2.23. The Balaban J connectivity index is 2.10. The maximum atomic E-state index is 12.1. The molecular weight excluding hydrogens is 232 g/mol. The fraction of sp³-hybridized carbons (Fsp3) is 0.462. The lowest BCUT2D eigenvalue weighted by molar-refractivity contribution is 0.0623. The van der Waals surface area contributed by atoms with Crippen LogP contribution in [0.1, 0.15) is 23.2 Å². The number of rotatable bonds is 3. The highest BCUT2D eigenvalue weighted by Crippen LogP contribution is 2.25. The average molecular weight is 250 g/mol. The Hall–Kier alpha value is -1.75. The number of amides is 1. The summed E-state index contributed by atoms with van der Waals surface area (Å²) in [6.07, 6.45) is 1.91. The second kappa shape index (κ2) is 5.73. The van der Waals surface area contributed by atoms with E-state index in [-0.39, 0.29) is 11.9 Å². The monoisotopic (exact) mass is 250 g/mol. The van der Waals surface area contributed by atoms with E-state index in [1.54, 1.807) is 18.2 Å². The molecule has 1 heterocycles. The molecule has 3 N–H and O–H groups in total. The van der Waals surface area contributed by atoms with Crippen molar-refractivity contribution < 1.29 is 14.3 Å². The Morgan fingerprint density at radius 1 is 1.56 bits per heavy atom. The minimum absolute atomic E-state index is 0.0670. The summed E-state index contributed by atoms with van der Waals surface area (Å²) in [4.78, 5) is 12.1. The van der Waals surface area contributed by atoms with E-state index in [1.165, 1.54) is 7.11 Å². The van der Waals surface area contributed by atoms with Gasteiger partial charge in [-0.15, -0.1) is 0 Å². The van der Waals surface area contributed by atoms with Crippen molar-refractivity contribution in [1.29, 1.82) is 0 Å². The van der Waals surface area contributed by atoms with Crippen LogP contribution in [-0.4, -0.2) is 32.3 Å². The number of carbonyl (C=O) groups excluding carboxylic acids is 1. The highest BCUT2D eigenvalue weighted by atomic mass is 16.5. The van der Waals surface area contributed by atoms with Gasteiger partial charge in [-0.2, -0.15) is 0 Å². The van der Waals surface area contributed by atoms with Crippen molar-refractivity contribution in [3.8, 4) is 5.75 Å². The molecule has 1 aromatic rings. The SMILES string of the molecule is COc1c(N)cccc1C(=O)NC1CCCOC1. The number of carbonyl (C=O) groups is 1. The van der Waals surface area contributed by atoms with Crippen molar-refractivity contribution in [3.05, 3.63) is 23.8 Å². The van der Waals surface area contributed by atoms with Gasteiger partial charge in [-0.3, -0.25) is 4.79 Å². The van der Waals surface area contributed by atoms with Crippen LogP contribution in [0.15, 0.2) is 18.2 Å². The number of methoxy groups -OCH3 is 1. The van der Waals surface area contributed by atoms with Crippen LogP contribution in [0.2, 0.25) is 0 Å². The zero-order valence-electron chi connectivity index (χ0n) is 10.4. The minimum atomic E-state index is -0.172. The van der Waals surface area contributed by atoms with Gasteiger partial charge in [0.2, 0.25) is 0 Å². The van der Waals surface area contributed by atoms with E-state index in [9.17, 15) is 4.79 Å². The Labute approximate surface area is 106 Å². The van der Waals surface area contributed by atoms with Crippen molar-refractivity contribution in [2.45, 2.75) is 18.9 Å². The van der Waals surface area contributed by atoms with E-state index < -0.39 is 0 Å². The fourth-order valence-corrected chi connectivity index (χ4v) is 2.08. The van der Waals surface area contributed by atoms with Gasteiger partial charge in [-0.05, 0) is 25.0 Å². The average Bonchev–Trinajstić information content (AvgIpc) is 2.39. The second-order valence-electron chi connectivity index (χ2n) is 4.32. The van der Waals surface area contributed by atoms with Gasteiger partial charge in [-0.1, -0.05) is 6.07 Å². The molecule has 5 nitrogen and oxygen atoms in total. The highest BCUT2D eigenvalue weighted by Gasteiger charge is 2.20. The molecule has 1 aromatic carbocycles. The molecule has 1 unspecified atom stereocenters. The van der Waals surface area contributed by atoms with Crippen molar-refractivity contribution >= 4 is 11.6 Å². The molecule has 1 amide bonds. The van der Waals surface area contributed by atoms with Crippen LogP contribution in [0.3, 0.4) is 0 Å². The Morgan fingerprint density at radius 3 is 3.06 bits per heavy atom. The van der Waals surface area contributed by atoms with E-state index in [4.69, 9.17) is 15.2 Å². The standard InChI is InChI=1S/C13H18N2O3/c1-17-12-10(5-2-6-11(12)14)13(16)15-9-4-3-7-18-8-9/h2,5-6,9H,3-4,7-8,14H2,1H3,(H,15,16). The van der Waals surface area contributed by atoms with Gasteiger partial charge in [0.25, 0.3) is 5.91 Å². The van der Waals surface area contributed by atoms with E-state index in [2.05, 4.69) is 5.32 Å². The summed E-state index contributed by atoms with van der Waals surface area (Å²) in [6, 6.07) is 5.22. The number of nitrogens with one attached hydrogen (secondary N) is 1. The molecule has 0 saturated carbocycles. The number of anilines is 1. The molecule has 0 radical (unpaired) electrons. The quantitative estimate of drug-likeness (QED) is 0.790.